The summed E-state index contributed by atoms with van der Waals surface area (Å²) in [6, 6.07) is 0. The highest BCUT2D eigenvalue weighted by atomic mass is 32.2. The van der Waals surface area contributed by atoms with E-state index < -0.39 is 12.1 Å². The van der Waals surface area contributed by atoms with Gasteiger partial charge in [-0.3, -0.25) is 0 Å². The van der Waals surface area contributed by atoms with Gasteiger partial charge < -0.3 is 9.84 Å². The van der Waals surface area contributed by atoms with E-state index in [-0.39, 0.29) is 10.2 Å². The van der Waals surface area contributed by atoms with Crippen molar-refractivity contribution in [2.75, 3.05) is 12.9 Å². The number of thioether (sulfide) groups is 1. The van der Waals surface area contributed by atoms with E-state index in [1.165, 1.54) is 7.11 Å². The van der Waals surface area contributed by atoms with Gasteiger partial charge in [-0.15, -0.1) is 0 Å². The fraction of sp³-hybridized carbons (Fsp3) is 0.917. The Morgan fingerprint density at radius 1 is 1.50 bits per heavy atom. The van der Waals surface area contributed by atoms with Crippen molar-refractivity contribution in [1.29, 1.82) is 0 Å². The Bertz CT molecular complexity index is 297. The Balaban J connectivity index is 2.17. The fourth-order valence-electron chi connectivity index (χ4n) is 3.17. The predicted molar refractivity (Wildman–Crippen MR) is 64.3 cm³/mol. The lowest BCUT2D eigenvalue weighted by atomic mass is 9.75. The molecule has 1 heterocycles. The Labute approximate surface area is 101 Å². The van der Waals surface area contributed by atoms with Crippen molar-refractivity contribution in [3.8, 4) is 0 Å². The zero-order valence-corrected chi connectivity index (χ0v) is 11.0. The summed E-state index contributed by atoms with van der Waals surface area (Å²) in [4.78, 5) is 11.5. The minimum absolute atomic E-state index is 0.172. The van der Waals surface area contributed by atoms with E-state index in [0.717, 1.165) is 25.0 Å². The van der Waals surface area contributed by atoms with Crippen molar-refractivity contribution < 1.29 is 14.6 Å². The summed E-state index contributed by atoms with van der Waals surface area (Å²) >= 11 is 1.95. The first-order valence-corrected chi connectivity index (χ1v) is 6.82. The molecule has 1 aliphatic carbocycles. The number of rotatable bonds is 3. The van der Waals surface area contributed by atoms with Crippen molar-refractivity contribution in [3.05, 3.63) is 0 Å². The summed E-state index contributed by atoms with van der Waals surface area (Å²) in [7, 11) is 1.34. The SMILES string of the molecule is COC(=O)C(O)C1(C2CCSC2(C)C)CC1. The van der Waals surface area contributed by atoms with E-state index in [4.69, 9.17) is 0 Å². The lowest BCUT2D eigenvalue weighted by Gasteiger charge is -2.35. The first kappa shape index (κ1) is 12.2. The number of methoxy groups -OCH3 is 1. The summed E-state index contributed by atoms with van der Waals surface area (Å²) in [5.74, 6) is 1.09. The first-order valence-electron chi connectivity index (χ1n) is 5.84. The van der Waals surface area contributed by atoms with Crippen LogP contribution in [0.15, 0.2) is 0 Å². The van der Waals surface area contributed by atoms with Crippen molar-refractivity contribution in [1.82, 2.24) is 0 Å². The molecule has 1 N–H and O–H groups in total. The molecule has 1 saturated heterocycles. The van der Waals surface area contributed by atoms with Gasteiger partial charge in [0.05, 0.1) is 7.11 Å². The molecule has 1 saturated carbocycles. The average Bonchev–Trinajstić information content (AvgIpc) is 2.96. The number of aliphatic hydroxyl groups excluding tert-OH is 1. The summed E-state index contributed by atoms with van der Waals surface area (Å²) in [5, 5.41) is 10.1. The van der Waals surface area contributed by atoms with E-state index in [9.17, 15) is 9.90 Å². The van der Waals surface area contributed by atoms with Crippen LogP contribution < -0.4 is 0 Å². The van der Waals surface area contributed by atoms with Crippen LogP contribution in [0.3, 0.4) is 0 Å². The van der Waals surface area contributed by atoms with Crippen LogP contribution in [0.4, 0.5) is 0 Å². The molecular formula is C12H20O3S. The highest BCUT2D eigenvalue weighted by Crippen LogP contribution is 2.64. The van der Waals surface area contributed by atoms with Gasteiger partial charge in [0, 0.05) is 10.2 Å². The molecule has 2 atom stereocenters. The second-order valence-corrected chi connectivity index (χ2v) is 7.20. The first-order chi connectivity index (χ1) is 7.44. The normalized spacial score (nSPS) is 32.1. The largest absolute Gasteiger partial charge is 0.467 e. The quantitative estimate of drug-likeness (QED) is 0.769. The highest BCUT2D eigenvalue weighted by Gasteiger charge is 2.62. The molecule has 0 aromatic heterocycles. The Kier molecular flexibility index (Phi) is 2.99. The number of esters is 1. The van der Waals surface area contributed by atoms with E-state index in [2.05, 4.69) is 18.6 Å². The maximum Gasteiger partial charge on any atom is 0.335 e. The third-order valence-electron chi connectivity index (χ3n) is 4.21. The molecule has 3 nitrogen and oxygen atoms in total. The summed E-state index contributed by atoms with van der Waals surface area (Å²) in [6.45, 7) is 4.44. The zero-order chi connectivity index (χ0) is 12.0. The molecule has 4 heteroatoms. The molecule has 2 aliphatic rings. The smallest absolute Gasteiger partial charge is 0.335 e. The Morgan fingerprint density at radius 3 is 2.50 bits per heavy atom. The summed E-state index contributed by atoms with van der Waals surface area (Å²) in [5.41, 5.74) is -0.194. The van der Waals surface area contributed by atoms with Gasteiger partial charge >= 0.3 is 5.97 Å². The summed E-state index contributed by atoms with van der Waals surface area (Å²) < 4.78 is 4.84. The van der Waals surface area contributed by atoms with Gasteiger partial charge in [0.25, 0.3) is 0 Å². The Hall–Kier alpha value is -0.220. The zero-order valence-electron chi connectivity index (χ0n) is 10.2. The highest BCUT2D eigenvalue weighted by molar-refractivity contribution is 8.00. The van der Waals surface area contributed by atoms with E-state index in [0.29, 0.717) is 5.92 Å². The molecule has 0 aromatic carbocycles. The molecule has 16 heavy (non-hydrogen) atoms. The van der Waals surface area contributed by atoms with Crippen LogP contribution >= 0.6 is 11.8 Å². The minimum atomic E-state index is -0.930. The summed E-state index contributed by atoms with van der Waals surface area (Å²) in [6.07, 6.45) is 2.09. The van der Waals surface area contributed by atoms with Crippen LogP contribution in [0.2, 0.25) is 0 Å². The molecule has 1 aliphatic heterocycles. The second-order valence-electron chi connectivity index (χ2n) is 5.45. The van der Waals surface area contributed by atoms with Crippen molar-refractivity contribution in [3.63, 3.8) is 0 Å². The number of hydrogen-bond donors (Lipinski definition) is 1. The maximum atomic E-state index is 11.5. The standard InChI is InChI=1S/C12H20O3S/c1-11(2)8(4-7-16-11)12(5-6-12)9(13)10(14)15-3/h8-9,13H,4-7H2,1-3H3. The molecule has 2 fully saturated rings. The molecule has 92 valence electrons. The number of carbonyl (C=O) groups is 1. The number of hydrogen-bond acceptors (Lipinski definition) is 4. The predicted octanol–water partition coefficient (Wildman–Crippen LogP) is 1.83. The monoisotopic (exact) mass is 244 g/mol. The van der Waals surface area contributed by atoms with Crippen molar-refractivity contribution in [2.45, 2.75) is 44.0 Å². The fourth-order valence-corrected chi connectivity index (χ4v) is 4.60. The van der Waals surface area contributed by atoms with Crippen LogP contribution in [0.5, 0.6) is 0 Å². The topological polar surface area (TPSA) is 46.5 Å². The lowest BCUT2D eigenvalue weighted by molar-refractivity contribution is -0.156. The number of carbonyl (C=O) groups excluding carboxylic acids is 1. The molecule has 0 bridgehead atoms. The van der Waals surface area contributed by atoms with Gasteiger partial charge in [0.2, 0.25) is 0 Å². The molecular weight excluding hydrogens is 224 g/mol. The van der Waals surface area contributed by atoms with E-state index in [1.807, 2.05) is 11.8 Å². The van der Waals surface area contributed by atoms with Crippen molar-refractivity contribution in [2.24, 2.45) is 11.3 Å². The van der Waals surface area contributed by atoms with Gasteiger partial charge in [-0.05, 0) is 30.9 Å². The van der Waals surface area contributed by atoms with E-state index in [1.54, 1.807) is 0 Å². The average molecular weight is 244 g/mol. The van der Waals surface area contributed by atoms with Gasteiger partial charge in [0.1, 0.15) is 0 Å². The van der Waals surface area contributed by atoms with Crippen LogP contribution in [-0.4, -0.2) is 34.8 Å². The van der Waals surface area contributed by atoms with Gasteiger partial charge in [-0.1, -0.05) is 13.8 Å². The lowest BCUT2D eigenvalue weighted by Crippen LogP contribution is -2.42. The molecule has 0 radical (unpaired) electrons. The number of ether oxygens (including phenoxy) is 1. The Morgan fingerprint density at radius 2 is 2.12 bits per heavy atom. The van der Waals surface area contributed by atoms with Crippen molar-refractivity contribution >= 4 is 17.7 Å². The second kappa shape index (κ2) is 3.91. The van der Waals surface area contributed by atoms with Gasteiger partial charge in [-0.2, -0.15) is 11.8 Å². The van der Waals surface area contributed by atoms with Crippen LogP contribution in [0.1, 0.15) is 33.1 Å². The number of aliphatic hydroxyl groups is 1. The van der Waals surface area contributed by atoms with Crippen LogP contribution in [-0.2, 0) is 9.53 Å². The molecule has 0 spiro atoms. The molecule has 0 amide bonds. The third kappa shape index (κ3) is 1.76. The van der Waals surface area contributed by atoms with Crippen LogP contribution in [0.25, 0.3) is 0 Å². The third-order valence-corrected chi connectivity index (χ3v) is 5.68. The molecule has 2 unspecified atom stereocenters. The van der Waals surface area contributed by atoms with Crippen LogP contribution in [0, 0.1) is 11.3 Å². The van der Waals surface area contributed by atoms with E-state index >= 15 is 0 Å². The molecule has 0 aromatic rings. The van der Waals surface area contributed by atoms with Gasteiger partial charge in [0.15, 0.2) is 6.10 Å². The minimum Gasteiger partial charge on any atom is -0.467 e. The van der Waals surface area contributed by atoms with Gasteiger partial charge in [-0.25, -0.2) is 4.79 Å². The maximum absolute atomic E-state index is 11.5. The molecule has 2 rings (SSSR count).